The summed E-state index contributed by atoms with van der Waals surface area (Å²) in [6.07, 6.45) is 4.91. The van der Waals surface area contributed by atoms with Crippen LogP contribution in [0.25, 0.3) is 10.9 Å². The van der Waals surface area contributed by atoms with Gasteiger partial charge in [0.2, 0.25) is 0 Å². The van der Waals surface area contributed by atoms with Crippen LogP contribution in [0.3, 0.4) is 0 Å². The molecule has 1 N–H and O–H groups in total. The number of hydrogen-bond donors (Lipinski definition) is 1. The molecule has 1 heterocycles. The second-order valence-corrected chi connectivity index (χ2v) is 5.82. The Hall–Kier alpha value is -1.32. The van der Waals surface area contributed by atoms with Crippen LogP contribution < -0.4 is 5.32 Å². The van der Waals surface area contributed by atoms with Gasteiger partial charge in [-0.2, -0.15) is 0 Å². The number of para-hydroxylation sites is 1. The minimum absolute atomic E-state index is 0.764. The molecule has 1 aromatic heterocycles. The molecule has 2 aromatic rings. The van der Waals surface area contributed by atoms with Crippen molar-refractivity contribution in [2.45, 2.75) is 32.0 Å². The lowest BCUT2D eigenvalue weighted by Gasteiger charge is -2.13. The SMILES string of the molecule is CN(C)CCn1ccc2cccc(CNC3CC3)c21. The summed E-state index contributed by atoms with van der Waals surface area (Å²) in [5.41, 5.74) is 2.82. The third-order valence-electron chi connectivity index (χ3n) is 3.82. The van der Waals surface area contributed by atoms with Crippen LogP contribution in [0.5, 0.6) is 0 Å². The number of benzene rings is 1. The molecule has 0 unspecified atom stereocenters. The molecule has 0 bridgehead atoms. The number of rotatable bonds is 6. The first kappa shape index (κ1) is 12.7. The Kier molecular flexibility index (Phi) is 3.58. The fraction of sp³-hybridized carbons (Fsp3) is 0.500. The molecular formula is C16H23N3. The lowest BCUT2D eigenvalue weighted by atomic mass is 10.1. The van der Waals surface area contributed by atoms with Gasteiger partial charge < -0.3 is 14.8 Å². The van der Waals surface area contributed by atoms with Crippen LogP contribution in [0.1, 0.15) is 18.4 Å². The molecule has 0 spiro atoms. The first-order valence-electron chi connectivity index (χ1n) is 7.19. The van der Waals surface area contributed by atoms with Gasteiger partial charge in [0.15, 0.2) is 0 Å². The van der Waals surface area contributed by atoms with Gasteiger partial charge in [-0.3, -0.25) is 0 Å². The zero-order valence-corrected chi connectivity index (χ0v) is 11.9. The number of hydrogen-bond acceptors (Lipinski definition) is 2. The van der Waals surface area contributed by atoms with E-state index in [1.807, 2.05) is 0 Å². The van der Waals surface area contributed by atoms with Gasteiger partial charge in [0.05, 0.1) is 5.52 Å². The van der Waals surface area contributed by atoms with Crippen molar-refractivity contribution in [1.29, 1.82) is 0 Å². The molecule has 102 valence electrons. The van der Waals surface area contributed by atoms with Gasteiger partial charge in [-0.25, -0.2) is 0 Å². The number of nitrogens with one attached hydrogen (secondary N) is 1. The zero-order valence-electron chi connectivity index (χ0n) is 11.9. The Morgan fingerprint density at radius 1 is 1.26 bits per heavy atom. The Bertz CT molecular complexity index is 552. The molecular weight excluding hydrogens is 234 g/mol. The minimum Gasteiger partial charge on any atom is -0.346 e. The molecule has 1 fully saturated rings. The third-order valence-corrected chi connectivity index (χ3v) is 3.82. The van der Waals surface area contributed by atoms with E-state index in [9.17, 15) is 0 Å². The van der Waals surface area contributed by atoms with Gasteiger partial charge >= 0.3 is 0 Å². The van der Waals surface area contributed by atoms with E-state index in [1.165, 1.54) is 29.3 Å². The van der Waals surface area contributed by atoms with Gasteiger partial charge in [0, 0.05) is 31.9 Å². The van der Waals surface area contributed by atoms with Crippen LogP contribution in [0.2, 0.25) is 0 Å². The Labute approximate surface area is 115 Å². The number of nitrogens with zero attached hydrogens (tertiary/aromatic N) is 2. The van der Waals surface area contributed by atoms with Crippen LogP contribution >= 0.6 is 0 Å². The van der Waals surface area contributed by atoms with E-state index in [0.717, 1.165) is 25.7 Å². The Morgan fingerprint density at radius 2 is 2.11 bits per heavy atom. The van der Waals surface area contributed by atoms with E-state index < -0.39 is 0 Å². The highest BCUT2D eigenvalue weighted by molar-refractivity contribution is 5.83. The maximum atomic E-state index is 3.62. The molecule has 3 nitrogen and oxygen atoms in total. The fourth-order valence-corrected chi connectivity index (χ4v) is 2.52. The molecule has 0 radical (unpaired) electrons. The smallest absolute Gasteiger partial charge is 0.0526 e. The lowest BCUT2D eigenvalue weighted by molar-refractivity contribution is 0.387. The number of fused-ring (bicyclic) bond motifs is 1. The number of likely N-dealkylation sites (N-methyl/N-ethyl adjacent to an activating group) is 1. The first-order chi connectivity index (χ1) is 9.24. The van der Waals surface area contributed by atoms with Gasteiger partial charge in [0.25, 0.3) is 0 Å². The maximum absolute atomic E-state index is 3.62. The van der Waals surface area contributed by atoms with E-state index in [0.29, 0.717) is 0 Å². The van der Waals surface area contributed by atoms with Crippen molar-refractivity contribution >= 4 is 10.9 Å². The molecule has 3 heteroatoms. The topological polar surface area (TPSA) is 20.2 Å². The fourth-order valence-electron chi connectivity index (χ4n) is 2.52. The molecule has 3 rings (SSSR count). The van der Waals surface area contributed by atoms with Crippen LogP contribution in [-0.2, 0) is 13.1 Å². The van der Waals surface area contributed by atoms with E-state index in [1.54, 1.807) is 0 Å². The van der Waals surface area contributed by atoms with Crippen molar-refractivity contribution in [3.63, 3.8) is 0 Å². The summed E-state index contributed by atoms with van der Waals surface area (Å²) in [5.74, 6) is 0. The van der Waals surface area contributed by atoms with Crippen molar-refractivity contribution in [3.05, 3.63) is 36.0 Å². The highest BCUT2D eigenvalue weighted by Gasteiger charge is 2.20. The van der Waals surface area contributed by atoms with Gasteiger partial charge in [-0.05, 0) is 44.0 Å². The van der Waals surface area contributed by atoms with E-state index >= 15 is 0 Å². The predicted molar refractivity (Wildman–Crippen MR) is 80.4 cm³/mol. The molecule has 1 saturated carbocycles. The summed E-state index contributed by atoms with van der Waals surface area (Å²) < 4.78 is 2.39. The molecule has 0 saturated heterocycles. The summed E-state index contributed by atoms with van der Waals surface area (Å²) in [4.78, 5) is 2.23. The molecule has 1 aliphatic rings. The summed E-state index contributed by atoms with van der Waals surface area (Å²) in [6, 6.07) is 9.63. The van der Waals surface area contributed by atoms with Crippen molar-refractivity contribution in [2.24, 2.45) is 0 Å². The zero-order chi connectivity index (χ0) is 13.2. The highest BCUT2D eigenvalue weighted by atomic mass is 15.1. The monoisotopic (exact) mass is 257 g/mol. The average molecular weight is 257 g/mol. The van der Waals surface area contributed by atoms with Gasteiger partial charge in [0.1, 0.15) is 0 Å². The van der Waals surface area contributed by atoms with Crippen molar-refractivity contribution in [3.8, 4) is 0 Å². The Balaban J connectivity index is 1.84. The molecule has 0 atom stereocenters. The van der Waals surface area contributed by atoms with Gasteiger partial charge in [-0.15, -0.1) is 0 Å². The van der Waals surface area contributed by atoms with E-state index in [4.69, 9.17) is 0 Å². The minimum atomic E-state index is 0.764. The normalized spacial score (nSPS) is 15.5. The summed E-state index contributed by atoms with van der Waals surface area (Å²) in [6.45, 7) is 3.12. The number of aromatic nitrogens is 1. The van der Waals surface area contributed by atoms with E-state index in [-0.39, 0.29) is 0 Å². The second-order valence-electron chi connectivity index (χ2n) is 5.82. The van der Waals surface area contributed by atoms with Crippen LogP contribution in [0, 0.1) is 0 Å². The molecule has 0 amide bonds. The van der Waals surface area contributed by atoms with E-state index in [2.05, 4.69) is 59.3 Å². The summed E-state index contributed by atoms with van der Waals surface area (Å²) >= 11 is 0. The van der Waals surface area contributed by atoms with Crippen molar-refractivity contribution in [2.75, 3.05) is 20.6 Å². The largest absolute Gasteiger partial charge is 0.346 e. The molecule has 1 aliphatic carbocycles. The van der Waals surface area contributed by atoms with Crippen LogP contribution in [0.4, 0.5) is 0 Å². The van der Waals surface area contributed by atoms with Gasteiger partial charge in [-0.1, -0.05) is 18.2 Å². The second kappa shape index (κ2) is 5.35. The Morgan fingerprint density at radius 3 is 2.84 bits per heavy atom. The van der Waals surface area contributed by atoms with Crippen LogP contribution in [-0.4, -0.2) is 36.1 Å². The highest BCUT2D eigenvalue weighted by Crippen LogP contribution is 2.23. The lowest BCUT2D eigenvalue weighted by Crippen LogP contribution is -2.19. The van der Waals surface area contributed by atoms with Crippen LogP contribution in [0.15, 0.2) is 30.5 Å². The maximum Gasteiger partial charge on any atom is 0.0526 e. The summed E-state index contributed by atoms with van der Waals surface area (Å²) in [5, 5.41) is 4.98. The quantitative estimate of drug-likeness (QED) is 0.858. The summed E-state index contributed by atoms with van der Waals surface area (Å²) in [7, 11) is 4.25. The molecule has 1 aromatic carbocycles. The third kappa shape index (κ3) is 2.99. The molecule has 19 heavy (non-hydrogen) atoms. The van der Waals surface area contributed by atoms with Crippen molar-refractivity contribution < 1.29 is 0 Å². The average Bonchev–Trinajstić information content (AvgIpc) is 3.13. The molecule has 0 aliphatic heterocycles. The van der Waals surface area contributed by atoms with Crippen molar-refractivity contribution in [1.82, 2.24) is 14.8 Å². The predicted octanol–water partition coefficient (Wildman–Crippen LogP) is 2.45. The standard InChI is InChI=1S/C16H23N3/c1-18(2)10-11-19-9-8-13-4-3-5-14(16(13)19)12-17-15-6-7-15/h3-5,8-9,15,17H,6-7,10-12H2,1-2H3. The first-order valence-corrected chi connectivity index (χ1v) is 7.19.